The minimum atomic E-state index is -0.750. The molecule has 2 aliphatic heterocycles. The standard InChI is InChI=1S/C31H41N5O4/c1-22(2)18-28(33-29(38)25-10-7-11-26(19-25)34-16-13-32-14-17-34)31(40)35-15-12-23(3)36(21-27(37)20-35)30(39)24-8-5-4-6-9-24/h4-11,19,22-23,28,32H,12-18,20-21H2,1-3H3,(H,33,38)/t23-,28-/m0/s1. The summed E-state index contributed by atoms with van der Waals surface area (Å²) >= 11 is 0. The minimum absolute atomic E-state index is 0.0569. The van der Waals surface area contributed by atoms with Gasteiger partial charge in [0, 0.05) is 55.6 Å². The fraction of sp³-hybridized carbons (Fsp3) is 0.484. The second-order valence-electron chi connectivity index (χ2n) is 11.2. The molecule has 0 radical (unpaired) electrons. The Morgan fingerprint density at radius 1 is 0.950 bits per heavy atom. The molecule has 0 bridgehead atoms. The number of nitrogens with zero attached hydrogens (tertiary/aromatic N) is 3. The van der Waals surface area contributed by atoms with E-state index >= 15 is 0 Å². The highest BCUT2D eigenvalue weighted by Gasteiger charge is 2.33. The third kappa shape index (κ3) is 7.47. The molecule has 0 spiro atoms. The van der Waals surface area contributed by atoms with Gasteiger partial charge in [-0.15, -0.1) is 0 Å². The Kier molecular flexibility index (Phi) is 9.93. The largest absolute Gasteiger partial charge is 0.369 e. The molecule has 214 valence electrons. The Morgan fingerprint density at radius 3 is 2.35 bits per heavy atom. The van der Waals surface area contributed by atoms with E-state index in [-0.39, 0.29) is 48.6 Å². The number of Topliss-reactive ketones (excluding diaryl/α,β-unsaturated/α-hetero) is 1. The van der Waals surface area contributed by atoms with Crippen LogP contribution >= 0.6 is 0 Å². The van der Waals surface area contributed by atoms with E-state index in [9.17, 15) is 19.2 Å². The lowest BCUT2D eigenvalue weighted by Gasteiger charge is -2.36. The number of benzene rings is 2. The van der Waals surface area contributed by atoms with Gasteiger partial charge in [0.05, 0.1) is 13.1 Å². The molecule has 0 aromatic heterocycles. The first-order valence-corrected chi connectivity index (χ1v) is 14.3. The molecule has 9 nitrogen and oxygen atoms in total. The molecular weight excluding hydrogens is 506 g/mol. The van der Waals surface area contributed by atoms with Crippen molar-refractivity contribution in [3.05, 3.63) is 65.7 Å². The average Bonchev–Trinajstić information content (AvgIpc) is 2.96. The number of carbonyl (C=O) groups excluding carboxylic acids is 4. The monoisotopic (exact) mass is 547 g/mol. The third-order valence-corrected chi connectivity index (χ3v) is 7.56. The van der Waals surface area contributed by atoms with E-state index < -0.39 is 6.04 Å². The van der Waals surface area contributed by atoms with Crippen molar-refractivity contribution in [2.75, 3.05) is 50.7 Å². The van der Waals surface area contributed by atoms with E-state index in [2.05, 4.69) is 15.5 Å². The van der Waals surface area contributed by atoms with Gasteiger partial charge in [0.1, 0.15) is 6.04 Å². The quantitative estimate of drug-likeness (QED) is 0.553. The van der Waals surface area contributed by atoms with Crippen molar-refractivity contribution in [1.29, 1.82) is 0 Å². The maximum atomic E-state index is 13.7. The summed E-state index contributed by atoms with van der Waals surface area (Å²) in [6.07, 6.45) is 0.994. The predicted octanol–water partition coefficient (Wildman–Crippen LogP) is 2.57. The maximum Gasteiger partial charge on any atom is 0.254 e. The number of hydrogen-bond acceptors (Lipinski definition) is 6. The van der Waals surface area contributed by atoms with Crippen LogP contribution in [0.25, 0.3) is 0 Å². The first kappa shape index (κ1) is 29.3. The van der Waals surface area contributed by atoms with Crippen molar-refractivity contribution in [3.63, 3.8) is 0 Å². The number of carbonyl (C=O) groups is 4. The molecule has 0 aliphatic carbocycles. The van der Waals surface area contributed by atoms with Gasteiger partial charge in [-0.3, -0.25) is 19.2 Å². The van der Waals surface area contributed by atoms with Crippen molar-refractivity contribution in [2.45, 2.75) is 45.7 Å². The first-order chi connectivity index (χ1) is 19.2. The summed E-state index contributed by atoms with van der Waals surface area (Å²) in [4.78, 5) is 58.6. The lowest BCUT2D eigenvalue weighted by Crippen LogP contribution is -2.54. The highest BCUT2D eigenvalue weighted by atomic mass is 16.2. The molecule has 2 heterocycles. The molecule has 40 heavy (non-hydrogen) atoms. The van der Waals surface area contributed by atoms with Gasteiger partial charge < -0.3 is 25.3 Å². The molecule has 2 aliphatic rings. The molecule has 0 saturated carbocycles. The fourth-order valence-corrected chi connectivity index (χ4v) is 5.31. The van der Waals surface area contributed by atoms with Crippen LogP contribution < -0.4 is 15.5 Å². The van der Waals surface area contributed by atoms with Crippen LogP contribution in [0.15, 0.2) is 54.6 Å². The van der Waals surface area contributed by atoms with Crippen LogP contribution in [-0.4, -0.2) is 91.2 Å². The Bertz CT molecular complexity index is 1200. The lowest BCUT2D eigenvalue weighted by atomic mass is 10.0. The van der Waals surface area contributed by atoms with Gasteiger partial charge in [0.25, 0.3) is 11.8 Å². The Morgan fingerprint density at radius 2 is 1.65 bits per heavy atom. The second-order valence-corrected chi connectivity index (χ2v) is 11.2. The number of ketones is 1. The molecule has 3 amide bonds. The molecule has 2 atom stereocenters. The zero-order chi connectivity index (χ0) is 28.6. The van der Waals surface area contributed by atoms with Crippen LogP contribution in [0.3, 0.4) is 0 Å². The summed E-state index contributed by atoms with van der Waals surface area (Å²) in [6.45, 7) is 9.63. The Hall–Kier alpha value is -3.72. The molecule has 2 N–H and O–H groups in total. The molecular formula is C31H41N5O4. The van der Waals surface area contributed by atoms with Gasteiger partial charge in [-0.1, -0.05) is 38.1 Å². The summed E-state index contributed by atoms with van der Waals surface area (Å²) in [6, 6.07) is 15.5. The van der Waals surface area contributed by atoms with Crippen molar-refractivity contribution in [2.24, 2.45) is 5.92 Å². The van der Waals surface area contributed by atoms with Gasteiger partial charge in [0.2, 0.25) is 5.91 Å². The Labute approximate surface area is 236 Å². The summed E-state index contributed by atoms with van der Waals surface area (Å²) in [7, 11) is 0. The third-order valence-electron chi connectivity index (χ3n) is 7.56. The predicted molar refractivity (Wildman–Crippen MR) is 155 cm³/mol. The van der Waals surface area contributed by atoms with Gasteiger partial charge in [-0.05, 0) is 56.0 Å². The highest BCUT2D eigenvalue weighted by molar-refractivity contribution is 6.00. The first-order valence-electron chi connectivity index (χ1n) is 14.3. The summed E-state index contributed by atoms with van der Waals surface area (Å²) in [5, 5.41) is 6.30. The van der Waals surface area contributed by atoms with E-state index in [1.165, 1.54) is 0 Å². The van der Waals surface area contributed by atoms with Crippen LogP contribution in [-0.2, 0) is 9.59 Å². The van der Waals surface area contributed by atoms with Crippen LogP contribution in [0.4, 0.5) is 5.69 Å². The normalized spacial score (nSPS) is 19.1. The summed E-state index contributed by atoms with van der Waals surface area (Å²) < 4.78 is 0. The zero-order valence-corrected chi connectivity index (χ0v) is 23.8. The van der Waals surface area contributed by atoms with Gasteiger partial charge in [-0.25, -0.2) is 0 Å². The molecule has 4 rings (SSSR count). The van der Waals surface area contributed by atoms with Gasteiger partial charge >= 0.3 is 0 Å². The number of rotatable bonds is 7. The van der Waals surface area contributed by atoms with Gasteiger partial charge in [-0.2, -0.15) is 0 Å². The fourth-order valence-electron chi connectivity index (χ4n) is 5.31. The molecule has 2 fully saturated rings. The van der Waals surface area contributed by atoms with Crippen LogP contribution in [0.5, 0.6) is 0 Å². The van der Waals surface area contributed by atoms with Crippen LogP contribution in [0.2, 0.25) is 0 Å². The maximum absolute atomic E-state index is 13.7. The van der Waals surface area contributed by atoms with Gasteiger partial charge in [0.15, 0.2) is 5.78 Å². The molecule has 0 unspecified atom stereocenters. The SMILES string of the molecule is CC(C)C[C@H](NC(=O)c1cccc(N2CCNCC2)c1)C(=O)N1CC[C@H](C)N(C(=O)c2ccccc2)CC(=O)C1. The van der Waals surface area contributed by atoms with E-state index in [0.29, 0.717) is 30.5 Å². The Balaban J connectivity index is 1.44. The smallest absolute Gasteiger partial charge is 0.254 e. The van der Waals surface area contributed by atoms with E-state index in [4.69, 9.17) is 0 Å². The number of nitrogens with one attached hydrogen (secondary N) is 2. The molecule has 2 aromatic rings. The van der Waals surface area contributed by atoms with Crippen LogP contribution in [0, 0.1) is 5.92 Å². The van der Waals surface area contributed by atoms with Crippen molar-refractivity contribution in [1.82, 2.24) is 20.4 Å². The highest BCUT2D eigenvalue weighted by Crippen LogP contribution is 2.19. The van der Waals surface area contributed by atoms with Crippen molar-refractivity contribution >= 4 is 29.2 Å². The average molecular weight is 548 g/mol. The summed E-state index contributed by atoms with van der Waals surface area (Å²) in [5.41, 5.74) is 2.03. The summed E-state index contributed by atoms with van der Waals surface area (Å²) in [5.74, 6) is -0.799. The van der Waals surface area contributed by atoms with E-state index in [0.717, 1.165) is 31.9 Å². The lowest BCUT2D eigenvalue weighted by molar-refractivity contribution is -0.138. The van der Waals surface area contributed by atoms with Crippen molar-refractivity contribution < 1.29 is 19.2 Å². The number of anilines is 1. The molecule has 9 heteroatoms. The zero-order valence-electron chi connectivity index (χ0n) is 23.8. The molecule has 2 aromatic carbocycles. The van der Waals surface area contributed by atoms with E-state index in [1.807, 2.05) is 45.0 Å². The number of piperazine rings is 1. The second kappa shape index (κ2) is 13.6. The molecule has 2 saturated heterocycles. The van der Waals surface area contributed by atoms with Crippen molar-refractivity contribution in [3.8, 4) is 0 Å². The number of hydrogen-bond donors (Lipinski definition) is 2. The topological polar surface area (TPSA) is 102 Å². The van der Waals surface area contributed by atoms with Crippen LogP contribution in [0.1, 0.15) is 54.3 Å². The number of amides is 3. The van der Waals surface area contributed by atoms with E-state index in [1.54, 1.807) is 40.1 Å². The minimum Gasteiger partial charge on any atom is -0.369 e.